The largest absolute Gasteiger partial charge is 0.573 e. The topological polar surface area (TPSA) is 32.8 Å². The minimum atomic E-state index is -4.77. The maximum atomic E-state index is 12.3. The molecule has 2 aliphatic heterocycles. The summed E-state index contributed by atoms with van der Waals surface area (Å²) in [5.41, 5.74) is 0.179. The standard InChI is InChI=1S/C19H23F3N2O2/c20-19(21,22)26-17-7-3-5-15(13-17)18(25)8-12-24-11-4-6-16(24)14-23-9-1-2-10-23/h3,5,7-8,12-13,16H,1-2,4,6,9-11,14H2/b12-8+/t16-/m0/s1. The molecule has 0 saturated carbocycles. The smallest absolute Gasteiger partial charge is 0.406 e. The number of alkyl halides is 3. The fraction of sp³-hybridized carbons (Fsp3) is 0.526. The molecule has 1 atom stereocenters. The first-order chi connectivity index (χ1) is 12.4. The second-order valence-corrected chi connectivity index (χ2v) is 6.80. The zero-order valence-electron chi connectivity index (χ0n) is 14.5. The van der Waals surface area contributed by atoms with Gasteiger partial charge < -0.3 is 14.5 Å². The fourth-order valence-corrected chi connectivity index (χ4v) is 3.62. The number of allylic oxidation sites excluding steroid dienone is 1. The molecule has 2 heterocycles. The summed E-state index contributed by atoms with van der Waals surface area (Å²) in [6.45, 7) is 4.19. The summed E-state index contributed by atoms with van der Waals surface area (Å²) in [5, 5.41) is 0. The molecule has 0 radical (unpaired) electrons. The lowest BCUT2D eigenvalue weighted by atomic mass is 10.1. The summed E-state index contributed by atoms with van der Waals surface area (Å²) < 4.78 is 40.8. The van der Waals surface area contributed by atoms with Crippen molar-refractivity contribution >= 4 is 5.78 Å². The molecular weight excluding hydrogens is 345 g/mol. The Labute approximate surface area is 151 Å². The molecule has 0 aromatic heterocycles. The van der Waals surface area contributed by atoms with Gasteiger partial charge in [0.05, 0.1) is 0 Å². The minimum Gasteiger partial charge on any atom is -0.406 e. The van der Waals surface area contributed by atoms with Crippen LogP contribution >= 0.6 is 0 Å². The normalized spacial score (nSPS) is 21.7. The molecule has 2 saturated heterocycles. The molecule has 1 aromatic rings. The second-order valence-electron chi connectivity index (χ2n) is 6.80. The summed E-state index contributed by atoms with van der Waals surface area (Å²) in [5.74, 6) is -0.714. The van der Waals surface area contributed by atoms with Gasteiger partial charge in [0.15, 0.2) is 5.78 Å². The Bertz CT molecular complexity index is 654. The first-order valence-corrected chi connectivity index (χ1v) is 8.97. The zero-order valence-corrected chi connectivity index (χ0v) is 14.5. The van der Waals surface area contributed by atoms with Gasteiger partial charge in [0.25, 0.3) is 0 Å². The van der Waals surface area contributed by atoms with Gasteiger partial charge in [-0.1, -0.05) is 12.1 Å². The van der Waals surface area contributed by atoms with Gasteiger partial charge in [-0.15, -0.1) is 13.2 Å². The maximum Gasteiger partial charge on any atom is 0.573 e. The SMILES string of the molecule is O=C(/C=C/N1CCC[C@H]1CN1CCCC1)c1cccc(OC(F)(F)F)c1. The molecule has 0 spiro atoms. The van der Waals surface area contributed by atoms with Crippen molar-refractivity contribution in [3.05, 3.63) is 42.1 Å². The van der Waals surface area contributed by atoms with Gasteiger partial charge in [-0.2, -0.15) is 0 Å². The Kier molecular flexibility index (Phi) is 5.86. The molecule has 0 unspecified atom stereocenters. The Morgan fingerprint density at radius 1 is 1.19 bits per heavy atom. The zero-order chi connectivity index (χ0) is 18.6. The van der Waals surface area contributed by atoms with Crippen LogP contribution in [0.5, 0.6) is 5.75 Å². The van der Waals surface area contributed by atoms with Gasteiger partial charge in [-0.25, -0.2) is 0 Å². The number of ketones is 1. The van der Waals surface area contributed by atoms with E-state index in [0.29, 0.717) is 6.04 Å². The highest BCUT2D eigenvalue weighted by atomic mass is 19.4. The van der Waals surface area contributed by atoms with E-state index in [-0.39, 0.29) is 17.1 Å². The Morgan fingerprint density at radius 3 is 2.69 bits per heavy atom. The van der Waals surface area contributed by atoms with Crippen LogP contribution in [0.25, 0.3) is 0 Å². The van der Waals surface area contributed by atoms with Crippen molar-refractivity contribution in [2.24, 2.45) is 0 Å². The van der Waals surface area contributed by atoms with E-state index in [1.54, 1.807) is 6.20 Å². The number of benzene rings is 1. The van der Waals surface area contributed by atoms with E-state index in [0.717, 1.165) is 45.1 Å². The third kappa shape index (κ3) is 5.24. The molecule has 0 N–H and O–H groups in total. The Morgan fingerprint density at radius 2 is 1.96 bits per heavy atom. The first kappa shape index (κ1) is 18.8. The van der Waals surface area contributed by atoms with Crippen LogP contribution in [-0.2, 0) is 0 Å². The van der Waals surface area contributed by atoms with Crippen LogP contribution in [0.3, 0.4) is 0 Å². The molecule has 3 rings (SSSR count). The van der Waals surface area contributed by atoms with E-state index in [1.165, 1.54) is 37.1 Å². The van der Waals surface area contributed by atoms with Crippen molar-refractivity contribution in [1.82, 2.24) is 9.80 Å². The van der Waals surface area contributed by atoms with Crippen LogP contribution in [0.2, 0.25) is 0 Å². The summed E-state index contributed by atoms with van der Waals surface area (Å²) in [6.07, 6.45) is 3.14. The molecule has 1 aromatic carbocycles. The number of hydrogen-bond acceptors (Lipinski definition) is 4. The molecule has 2 aliphatic rings. The predicted octanol–water partition coefficient (Wildman–Crippen LogP) is 3.84. The van der Waals surface area contributed by atoms with E-state index in [4.69, 9.17) is 0 Å². The number of ether oxygens (including phenoxy) is 1. The quantitative estimate of drug-likeness (QED) is 0.564. The van der Waals surface area contributed by atoms with Crippen molar-refractivity contribution < 1.29 is 22.7 Å². The molecular formula is C19H23F3N2O2. The van der Waals surface area contributed by atoms with Crippen molar-refractivity contribution in [3.63, 3.8) is 0 Å². The van der Waals surface area contributed by atoms with Gasteiger partial charge in [-0.05, 0) is 50.9 Å². The number of carbonyl (C=O) groups excluding carboxylic acids is 1. The van der Waals surface area contributed by atoms with E-state index in [9.17, 15) is 18.0 Å². The maximum absolute atomic E-state index is 12.3. The van der Waals surface area contributed by atoms with Gasteiger partial charge in [0, 0.05) is 37.0 Å². The molecule has 0 bridgehead atoms. The lowest BCUT2D eigenvalue weighted by Crippen LogP contribution is -2.36. The highest BCUT2D eigenvalue weighted by Crippen LogP contribution is 2.24. The van der Waals surface area contributed by atoms with E-state index >= 15 is 0 Å². The van der Waals surface area contributed by atoms with E-state index in [2.05, 4.69) is 14.5 Å². The van der Waals surface area contributed by atoms with Crippen LogP contribution in [0, 0.1) is 0 Å². The number of carbonyl (C=O) groups is 1. The molecule has 0 aliphatic carbocycles. The predicted molar refractivity (Wildman–Crippen MR) is 92.0 cm³/mol. The average Bonchev–Trinajstić information content (AvgIpc) is 3.24. The molecule has 26 heavy (non-hydrogen) atoms. The van der Waals surface area contributed by atoms with Gasteiger partial charge in [0.1, 0.15) is 5.75 Å². The van der Waals surface area contributed by atoms with Crippen LogP contribution in [0.4, 0.5) is 13.2 Å². The second kappa shape index (κ2) is 8.12. The van der Waals surface area contributed by atoms with Gasteiger partial charge >= 0.3 is 6.36 Å². The highest BCUT2D eigenvalue weighted by Gasteiger charge is 2.31. The number of likely N-dealkylation sites (tertiary alicyclic amines) is 2. The first-order valence-electron chi connectivity index (χ1n) is 8.97. The molecule has 0 amide bonds. The number of rotatable bonds is 6. The lowest BCUT2D eigenvalue weighted by Gasteiger charge is -2.27. The number of hydrogen-bond donors (Lipinski definition) is 0. The molecule has 7 heteroatoms. The number of halogens is 3. The van der Waals surface area contributed by atoms with Crippen molar-refractivity contribution in [3.8, 4) is 5.75 Å². The van der Waals surface area contributed by atoms with Crippen LogP contribution < -0.4 is 4.74 Å². The van der Waals surface area contributed by atoms with Gasteiger partial charge in [-0.3, -0.25) is 4.79 Å². The van der Waals surface area contributed by atoms with Crippen LogP contribution in [0.15, 0.2) is 36.5 Å². The van der Waals surface area contributed by atoms with Crippen molar-refractivity contribution in [2.45, 2.75) is 38.1 Å². The van der Waals surface area contributed by atoms with E-state index in [1.807, 2.05) is 0 Å². The third-order valence-electron chi connectivity index (χ3n) is 4.86. The number of nitrogens with zero attached hydrogens (tertiary/aromatic N) is 2. The fourth-order valence-electron chi connectivity index (χ4n) is 3.62. The summed E-state index contributed by atoms with van der Waals surface area (Å²) in [4.78, 5) is 16.9. The Balaban J connectivity index is 1.60. The van der Waals surface area contributed by atoms with Gasteiger partial charge in [0.2, 0.25) is 0 Å². The van der Waals surface area contributed by atoms with Crippen LogP contribution in [-0.4, -0.2) is 54.2 Å². The summed E-state index contributed by atoms with van der Waals surface area (Å²) >= 11 is 0. The van der Waals surface area contributed by atoms with Crippen molar-refractivity contribution in [1.29, 1.82) is 0 Å². The minimum absolute atomic E-state index is 0.179. The van der Waals surface area contributed by atoms with E-state index < -0.39 is 6.36 Å². The van der Waals surface area contributed by atoms with Crippen molar-refractivity contribution in [2.75, 3.05) is 26.2 Å². The lowest BCUT2D eigenvalue weighted by molar-refractivity contribution is -0.274. The summed E-state index contributed by atoms with van der Waals surface area (Å²) in [6, 6.07) is 5.57. The summed E-state index contributed by atoms with van der Waals surface area (Å²) in [7, 11) is 0. The van der Waals surface area contributed by atoms with Crippen LogP contribution in [0.1, 0.15) is 36.0 Å². The molecule has 2 fully saturated rings. The highest BCUT2D eigenvalue weighted by molar-refractivity contribution is 6.04. The monoisotopic (exact) mass is 368 g/mol. The average molecular weight is 368 g/mol. The Hall–Kier alpha value is -2.02. The molecule has 4 nitrogen and oxygen atoms in total. The third-order valence-corrected chi connectivity index (χ3v) is 4.86. The molecule has 142 valence electrons.